The highest BCUT2D eigenvalue weighted by Crippen LogP contribution is 2.33. The van der Waals surface area contributed by atoms with Crippen molar-refractivity contribution in [2.45, 2.75) is 0 Å². The van der Waals surface area contributed by atoms with Crippen molar-refractivity contribution in [3.05, 3.63) is 85.7 Å². The number of halogens is 3. The fourth-order valence-corrected chi connectivity index (χ4v) is 4.71. The Kier molecular flexibility index (Phi) is 6.51. The smallest absolute Gasteiger partial charge is 0.259 e. The van der Waals surface area contributed by atoms with E-state index in [1.54, 1.807) is 6.21 Å². The van der Waals surface area contributed by atoms with Crippen LogP contribution in [-0.2, 0) is 4.79 Å². The number of carbonyl (C=O) groups excluding carboxylic acids is 1. The molecule has 0 saturated heterocycles. The van der Waals surface area contributed by atoms with Crippen LogP contribution in [0.3, 0.4) is 0 Å². The molecule has 4 aromatic rings. The van der Waals surface area contributed by atoms with Crippen LogP contribution in [0.5, 0.6) is 0 Å². The van der Waals surface area contributed by atoms with Crippen LogP contribution in [0.4, 0.5) is 5.69 Å². The Morgan fingerprint density at radius 1 is 0.833 bits per heavy atom. The van der Waals surface area contributed by atoms with Crippen LogP contribution in [0.25, 0.3) is 21.5 Å². The molecule has 0 heterocycles. The molecule has 0 aliphatic heterocycles. The third-order valence-corrected chi connectivity index (χ3v) is 7.15. The number of rotatable bonds is 5. The molecule has 1 amide bonds. The Balaban J connectivity index is 1.51. The standard InChI is InChI=1S/C23H16Br3N3O/c24-19-10-21(26)22(11-20(19)25)27-13-23(30)29-28-12-18-16-7-3-1-5-14(16)9-15-6-2-4-8-17(15)18/h1-12,27H,13H2,(H,29,30). The quantitative estimate of drug-likeness (QED) is 0.116. The lowest BCUT2D eigenvalue weighted by molar-refractivity contribution is -0.119. The maximum absolute atomic E-state index is 12.3. The number of fused-ring (bicyclic) bond motifs is 2. The zero-order chi connectivity index (χ0) is 21.1. The average molecular weight is 590 g/mol. The molecule has 0 aliphatic carbocycles. The van der Waals surface area contributed by atoms with Gasteiger partial charge in [-0.25, -0.2) is 5.43 Å². The molecule has 0 spiro atoms. The number of hydrazone groups is 1. The van der Waals surface area contributed by atoms with Gasteiger partial charge in [0.25, 0.3) is 5.91 Å². The normalized spacial score (nSPS) is 11.3. The van der Waals surface area contributed by atoms with Crippen LogP contribution in [0.15, 0.2) is 85.2 Å². The van der Waals surface area contributed by atoms with E-state index in [1.165, 1.54) is 0 Å². The van der Waals surface area contributed by atoms with Gasteiger partial charge in [-0.1, -0.05) is 48.5 Å². The van der Waals surface area contributed by atoms with Gasteiger partial charge in [0, 0.05) is 19.0 Å². The molecular formula is C23H16Br3N3O. The summed E-state index contributed by atoms with van der Waals surface area (Å²) in [6.45, 7) is 0.0975. The van der Waals surface area contributed by atoms with E-state index in [0.717, 1.165) is 46.2 Å². The first kappa shape index (κ1) is 21.0. The number of hydrogen-bond acceptors (Lipinski definition) is 3. The summed E-state index contributed by atoms with van der Waals surface area (Å²) in [4.78, 5) is 12.3. The van der Waals surface area contributed by atoms with Gasteiger partial charge in [-0.2, -0.15) is 5.10 Å². The first-order valence-corrected chi connectivity index (χ1v) is 11.5. The van der Waals surface area contributed by atoms with E-state index >= 15 is 0 Å². The van der Waals surface area contributed by atoms with Crippen LogP contribution in [0.1, 0.15) is 5.56 Å². The molecule has 150 valence electrons. The number of nitrogens with zero attached hydrogens (tertiary/aromatic N) is 1. The number of hydrogen-bond donors (Lipinski definition) is 2. The molecule has 0 bridgehead atoms. The highest BCUT2D eigenvalue weighted by atomic mass is 79.9. The maximum Gasteiger partial charge on any atom is 0.259 e. The number of nitrogens with one attached hydrogen (secondary N) is 2. The lowest BCUT2D eigenvalue weighted by Gasteiger charge is -2.10. The summed E-state index contributed by atoms with van der Waals surface area (Å²) >= 11 is 10.4. The number of benzene rings is 4. The summed E-state index contributed by atoms with van der Waals surface area (Å²) < 4.78 is 2.68. The van der Waals surface area contributed by atoms with Crippen molar-refractivity contribution in [2.24, 2.45) is 5.10 Å². The first-order valence-electron chi connectivity index (χ1n) is 9.14. The third kappa shape index (κ3) is 4.58. The van der Waals surface area contributed by atoms with Gasteiger partial charge in [-0.3, -0.25) is 4.79 Å². The second-order valence-corrected chi connectivity index (χ2v) is 9.19. The van der Waals surface area contributed by atoms with Gasteiger partial charge < -0.3 is 5.32 Å². The van der Waals surface area contributed by atoms with Gasteiger partial charge in [-0.05, 0) is 87.5 Å². The molecule has 2 N–H and O–H groups in total. The van der Waals surface area contributed by atoms with E-state index in [9.17, 15) is 4.79 Å². The fourth-order valence-electron chi connectivity index (χ4n) is 3.23. The van der Waals surface area contributed by atoms with Crippen LogP contribution in [-0.4, -0.2) is 18.7 Å². The first-order chi connectivity index (χ1) is 14.5. The summed E-state index contributed by atoms with van der Waals surface area (Å²) in [7, 11) is 0. The molecule has 0 saturated carbocycles. The molecule has 0 atom stereocenters. The van der Waals surface area contributed by atoms with Crippen LogP contribution < -0.4 is 10.7 Å². The molecule has 4 aromatic carbocycles. The summed E-state index contributed by atoms with van der Waals surface area (Å²) in [5, 5.41) is 11.8. The Morgan fingerprint density at radius 3 is 2.10 bits per heavy atom. The zero-order valence-electron chi connectivity index (χ0n) is 15.6. The Bertz CT molecular complexity index is 1230. The minimum atomic E-state index is -0.235. The minimum Gasteiger partial charge on any atom is -0.375 e. The Morgan fingerprint density at radius 2 is 1.43 bits per heavy atom. The summed E-state index contributed by atoms with van der Waals surface area (Å²) in [6.07, 6.45) is 1.72. The van der Waals surface area contributed by atoms with Gasteiger partial charge in [0.2, 0.25) is 0 Å². The van der Waals surface area contributed by atoms with Gasteiger partial charge in [0.05, 0.1) is 18.4 Å². The second kappa shape index (κ2) is 9.29. The molecular weight excluding hydrogens is 574 g/mol. The van der Waals surface area contributed by atoms with E-state index in [1.807, 2.05) is 36.4 Å². The van der Waals surface area contributed by atoms with E-state index in [0.29, 0.717) is 0 Å². The molecule has 7 heteroatoms. The van der Waals surface area contributed by atoms with Crippen LogP contribution in [0.2, 0.25) is 0 Å². The predicted molar refractivity (Wildman–Crippen MR) is 135 cm³/mol. The van der Waals surface area contributed by atoms with Gasteiger partial charge in [0.1, 0.15) is 0 Å². The summed E-state index contributed by atoms with van der Waals surface area (Å²) in [5.74, 6) is -0.235. The third-order valence-electron chi connectivity index (χ3n) is 4.65. The van der Waals surface area contributed by atoms with Crippen LogP contribution >= 0.6 is 47.8 Å². The Labute approximate surface area is 199 Å². The van der Waals surface area contributed by atoms with E-state index in [-0.39, 0.29) is 12.5 Å². The maximum atomic E-state index is 12.3. The number of amides is 1. The van der Waals surface area contributed by atoms with Crippen molar-refractivity contribution >= 4 is 87.1 Å². The molecule has 0 fully saturated rings. The van der Waals surface area contributed by atoms with Crippen LogP contribution in [0, 0.1) is 0 Å². The van der Waals surface area contributed by atoms with Crippen molar-refractivity contribution in [2.75, 3.05) is 11.9 Å². The fraction of sp³-hybridized carbons (Fsp3) is 0.0435. The Hall–Kier alpha value is -2.22. The monoisotopic (exact) mass is 587 g/mol. The SMILES string of the molecule is O=C(CNc1cc(Br)c(Br)cc1Br)NN=Cc1c2ccccc2cc2ccccc12. The summed E-state index contributed by atoms with van der Waals surface area (Å²) in [6, 6.07) is 22.3. The van der Waals surface area contributed by atoms with Crippen molar-refractivity contribution < 1.29 is 4.79 Å². The van der Waals surface area contributed by atoms with E-state index in [2.05, 4.69) is 94.0 Å². The van der Waals surface area contributed by atoms with Crippen molar-refractivity contribution in [3.8, 4) is 0 Å². The molecule has 0 aliphatic rings. The topological polar surface area (TPSA) is 53.5 Å². The molecule has 4 rings (SSSR count). The van der Waals surface area contributed by atoms with E-state index < -0.39 is 0 Å². The summed E-state index contributed by atoms with van der Waals surface area (Å²) in [5.41, 5.74) is 4.40. The largest absolute Gasteiger partial charge is 0.375 e. The zero-order valence-corrected chi connectivity index (χ0v) is 20.4. The van der Waals surface area contributed by atoms with Gasteiger partial charge in [-0.15, -0.1) is 0 Å². The van der Waals surface area contributed by atoms with Crippen molar-refractivity contribution in [3.63, 3.8) is 0 Å². The lowest BCUT2D eigenvalue weighted by Crippen LogP contribution is -2.26. The number of carbonyl (C=O) groups is 1. The number of anilines is 1. The molecule has 4 nitrogen and oxygen atoms in total. The lowest BCUT2D eigenvalue weighted by atomic mass is 9.97. The van der Waals surface area contributed by atoms with E-state index in [4.69, 9.17) is 0 Å². The second-order valence-electron chi connectivity index (χ2n) is 6.63. The van der Waals surface area contributed by atoms with Gasteiger partial charge >= 0.3 is 0 Å². The molecule has 0 unspecified atom stereocenters. The predicted octanol–water partition coefficient (Wildman–Crippen LogP) is 6.84. The van der Waals surface area contributed by atoms with Gasteiger partial charge in [0.15, 0.2) is 0 Å². The van der Waals surface area contributed by atoms with Crippen molar-refractivity contribution in [1.82, 2.24) is 5.43 Å². The average Bonchev–Trinajstić information content (AvgIpc) is 2.75. The van der Waals surface area contributed by atoms with Crippen molar-refractivity contribution in [1.29, 1.82) is 0 Å². The molecule has 0 aromatic heterocycles. The molecule has 30 heavy (non-hydrogen) atoms. The highest BCUT2D eigenvalue weighted by molar-refractivity contribution is 9.13. The molecule has 0 radical (unpaired) electrons. The highest BCUT2D eigenvalue weighted by Gasteiger charge is 2.08. The minimum absolute atomic E-state index is 0.0975.